The number of ether oxygens (including phenoxy) is 2. The third-order valence-electron chi connectivity index (χ3n) is 3.63. The molecule has 1 spiro atoms. The summed E-state index contributed by atoms with van der Waals surface area (Å²) in [5, 5.41) is 0. The topological polar surface area (TPSA) is 44.5 Å². The Kier molecular flexibility index (Phi) is 3.57. The first-order valence-corrected chi connectivity index (χ1v) is 6.54. The van der Waals surface area contributed by atoms with E-state index in [0.29, 0.717) is 19.3 Å². The molecule has 2 N–H and O–H groups in total. The molecule has 1 aliphatic carbocycles. The van der Waals surface area contributed by atoms with Crippen LogP contribution in [-0.2, 0) is 9.47 Å². The van der Waals surface area contributed by atoms with Gasteiger partial charge in [-0.05, 0) is 39.5 Å². The van der Waals surface area contributed by atoms with Crippen LogP contribution in [0.4, 0.5) is 0 Å². The Labute approximate surface area is 98.7 Å². The zero-order chi connectivity index (χ0) is 11.6. The average molecular weight is 227 g/mol. The maximum Gasteiger partial charge on any atom is 0.0817 e. The smallest absolute Gasteiger partial charge is 0.0817 e. The summed E-state index contributed by atoms with van der Waals surface area (Å²) in [7, 11) is 0. The molecule has 16 heavy (non-hydrogen) atoms. The Morgan fingerprint density at radius 2 is 2.00 bits per heavy atom. The van der Waals surface area contributed by atoms with E-state index in [-0.39, 0.29) is 11.1 Å². The molecule has 1 heterocycles. The van der Waals surface area contributed by atoms with Crippen LogP contribution < -0.4 is 5.73 Å². The molecule has 1 atom stereocenters. The van der Waals surface area contributed by atoms with Crippen LogP contribution in [0.2, 0.25) is 0 Å². The van der Waals surface area contributed by atoms with Crippen LogP contribution in [0.3, 0.4) is 0 Å². The molecule has 3 nitrogen and oxygen atoms in total. The molecule has 0 radical (unpaired) electrons. The van der Waals surface area contributed by atoms with Crippen LogP contribution in [0.15, 0.2) is 0 Å². The number of hydrogen-bond acceptors (Lipinski definition) is 3. The summed E-state index contributed by atoms with van der Waals surface area (Å²) in [6.45, 7) is 5.30. The first-order valence-electron chi connectivity index (χ1n) is 6.54. The van der Waals surface area contributed by atoms with Crippen LogP contribution in [0.1, 0.15) is 52.4 Å². The van der Waals surface area contributed by atoms with Crippen molar-refractivity contribution in [2.24, 2.45) is 5.73 Å². The van der Waals surface area contributed by atoms with Gasteiger partial charge in [0.25, 0.3) is 0 Å². The summed E-state index contributed by atoms with van der Waals surface area (Å²) < 4.78 is 11.8. The monoisotopic (exact) mass is 227 g/mol. The number of nitrogens with two attached hydrogens (primary N) is 1. The predicted molar refractivity (Wildman–Crippen MR) is 64.4 cm³/mol. The Bertz CT molecular complexity index is 229. The molecular formula is C13H25NO2. The predicted octanol–water partition coefficient (Wildman–Crippen LogP) is 2.23. The Morgan fingerprint density at radius 3 is 2.62 bits per heavy atom. The highest BCUT2D eigenvalue weighted by Gasteiger charge is 2.42. The van der Waals surface area contributed by atoms with Crippen LogP contribution in [-0.4, -0.2) is 30.5 Å². The van der Waals surface area contributed by atoms with E-state index in [1.165, 1.54) is 32.1 Å². The fourth-order valence-corrected chi connectivity index (χ4v) is 2.85. The first-order chi connectivity index (χ1) is 7.49. The fourth-order valence-electron chi connectivity index (χ4n) is 2.85. The van der Waals surface area contributed by atoms with Crippen LogP contribution in [0, 0.1) is 0 Å². The summed E-state index contributed by atoms with van der Waals surface area (Å²) in [4.78, 5) is 0. The molecule has 0 aromatic carbocycles. The summed E-state index contributed by atoms with van der Waals surface area (Å²) in [6.07, 6.45) is 7.88. The zero-order valence-corrected chi connectivity index (χ0v) is 10.6. The lowest BCUT2D eigenvalue weighted by Gasteiger charge is -2.24. The lowest BCUT2D eigenvalue weighted by molar-refractivity contribution is -0.0716. The van der Waals surface area contributed by atoms with Crippen molar-refractivity contribution in [3.8, 4) is 0 Å². The third kappa shape index (κ3) is 3.19. The van der Waals surface area contributed by atoms with Crippen molar-refractivity contribution in [1.82, 2.24) is 0 Å². The van der Waals surface area contributed by atoms with E-state index in [0.717, 1.165) is 6.42 Å². The van der Waals surface area contributed by atoms with Crippen molar-refractivity contribution in [3.05, 3.63) is 0 Å². The number of rotatable bonds is 4. The van der Waals surface area contributed by atoms with Gasteiger partial charge in [0, 0.05) is 5.54 Å². The molecule has 0 amide bonds. The second-order valence-electron chi connectivity index (χ2n) is 6.17. The lowest BCUT2D eigenvalue weighted by atomic mass is 9.98. The first kappa shape index (κ1) is 12.3. The molecule has 1 unspecified atom stereocenters. The molecule has 0 aromatic heterocycles. The van der Waals surface area contributed by atoms with Crippen molar-refractivity contribution in [1.29, 1.82) is 0 Å². The SMILES string of the molecule is CC(C)(N)COCC1CCC2(CCCC2)O1. The van der Waals surface area contributed by atoms with E-state index in [9.17, 15) is 0 Å². The van der Waals surface area contributed by atoms with Gasteiger partial charge < -0.3 is 15.2 Å². The highest BCUT2D eigenvalue weighted by atomic mass is 16.6. The van der Waals surface area contributed by atoms with Gasteiger partial charge in [-0.1, -0.05) is 12.8 Å². The second kappa shape index (κ2) is 4.63. The van der Waals surface area contributed by atoms with Gasteiger partial charge in [0.15, 0.2) is 0 Å². The van der Waals surface area contributed by atoms with Gasteiger partial charge in [-0.15, -0.1) is 0 Å². The minimum absolute atomic E-state index is 0.228. The molecular weight excluding hydrogens is 202 g/mol. The summed E-state index contributed by atoms with van der Waals surface area (Å²) in [5.41, 5.74) is 5.87. The Balaban J connectivity index is 1.69. The molecule has 2 aliphatic rings. The van der Waals surface area contributed by atoms with E-state index < -0.39 is 0 Å². The third-order valence-corrected chi connectivity index (χ3v) is 3.63. The summed E-state index contributed by atoms with van der Waals surface area (Å²) >= 11 is 0. The van der Waals surface area contributed by atoms with Crippen molar-refractivity contribution >= 4 is 0 Å². The lowest BCUT2D eigenvalue weighted by Crippen LogP contribution is -2.38. The summed E-state index contributed by atoms with van der Waals surface area (Å²) in [6, 6.07) is 0. The molecule has 0 bridgehead atoms. The Morgan fingerprint density at radius 1 is 1.31 bits per heavy atom. The number of hydrogen-bond donors (Lipinski definition) is 1. The van der Waals surface area contributed by atoms with E-state index in [1.54, 1.807) is 0 Å². The molecule has 2 rings (SSSR count). The fraction of sp³-hybridized carbons (Fsp3) is 1.00. The van der Waals surface area contributed by atoms with Crippen molar-refractivity contribution in [2.75, 3.05) is 13.2 Å². The van der Waals surface area contributed by atoms with Crippen LogP contribution in [0.5, 0.6) is 0 Å². The highest BCUT2D eigenvalue weighted by Crippen LogP contribution is 2.43. The molecule has 1 aliphatic heterocycles. The van der Waals surface area contributed by atoms with Gasteiger partial charge >= 0.3 is 0 Å². The van der Waals surface area contributed by atoms with E-state index in [4.69, 9.17) is 15.2 Å². The van der Waals surface area contributed by atoms with E-state index in [1.807, 2.05) is 13.8 Å². The molecule has 3 heteroatoms. The van der Waals surface area contributed by atoms with Crippen LogP contribution in [0.25, 0.3) is 0 Å². The largest absolute Gasteiger partial charge is 0.377 e. The van der Waals surface area contributed by atoms with Crippen LogP contribution >= 0.6 is 0 Å². The van der Waals surface area contributed by atoms with Gasteiger partial charge in [-0.25, -0.2) is 0 Å². The molecule has 1 saturated carbocycles. The standard InChI is InChI=1S/C13H25NO2/c1-12(2,14)10-15-9-11-5-8-13(16-11)6-3-4-7-13/h11H,3-10,14H2,1-2H3. The minimum atomic E-state index is -0.232. The van der Waals surface area contributed by atoms with E-state index in [2.05, 4.69) is 0 Å². The normalized spacial score (nSPS) is 29.1. The molecule has 94 valence electrons. The molecule has 0 aromatic rings. The second-order valence-corrected chi connectivity index (χ2v) is 6.17. The van der Waals surface area contributed by atoms with Gasteiger partial charge in [-0.3, -0.25) is 0 Å². The molecule has 1 saturated heterocycles. The average Bonchev–Trinajstić information content (AvgIpc) is 2.76. The quantitative estimate of drug-likeness (QED) is 0.801. The van der Waals surface area contributed by atoms with Crippen molar-refractivity contribution < 1.29 is 9.47 Å². The maximum atomic E-state index is 6.16. The van der Waals surface area contributed by atoms with E-state index >= 15 is 0 Å². The van der Waals surface area contributed by atoms with Crippen molar-refractivity contribution in [3.63, 3.8) is 0 Å². The molecule has 2 fully saturated rings. The minimum Gasteiger partial charge on any atom is -0.377 e. The van der Waals surface area contributed by atoms with Gasteiger partial charge in [0.2, 0.25) is 0 Å². The van der Waals surface area contributed by atoms with Gasteiger partial charge in [-0.2, -0.15) is 0 Å². The Hall–Kier alpha value is -0.120. The zero-order valence-electron chi connectivity index (χ0n) is 10.6. The highest BCUT2D eigenvalue weighted by molar-refractivity contribution is 4.92. The maximum absolute atomic E-state index is 6.16. The van der Waals surface area contributed by atoms with Gasteiger partial charge in [0.05, 0.1) is 24.9 Å². The summed E-state index contributed by atoms with van der Waals surface area (Å²) in [5.74, 6) is 0. The van der Waals surface area contributed by atoms with Crippen molar-refractivity contribution in [2.45, 2.75) is 69.6 Å². The van der Waals surface area contributed by atoms with Gasteiger partial charge in [0.1, 0.15) is 0 Å².